The first-order chi connectivity index (χ1) is 8.18. The lowest BCUT2D eigenvalue weighted by atomic mass is 10.3. The van der Waals surface area contributed by atoms with Gasteiger partial charge in [-0.3, -0.25) is 0 Å². The van der Waals surface area contributed by atoms with E-state index < -0.39 is 6.10 Å². The maximum absolute atomic E-state index is 9.65. The monoisotopic (exact) mass is 258 g/mol. The van der Waals surface area contributed by atoms with Crippen molar-refractivity contribution in [3.63, 3.8) is 0 Å². The topological polar surface area (TPSA) is 44.7 Å². The van der Waals surface area contributed by atoms with Gasteiger partial charge in [-0.05, 0) is 25.5 Å². The maximum atomic E-state index is 9.65. The second kappa shape index (κ2) is 8.60. The average molecular weight is 258 g/mol. The number of thiophene rings is 1. The van der Waals surface area contributed by atoms with E-state index in [1.54, 1.807) is 11.3 Å². The number of aliphatic hydroxyl groups is 1. The Bertz CT molecular complexity index is 278. The third-order valence-electron chi connectivity index (χ3n) is 2.25. The van der Waals surface area contributed by atoms with Crippen molar-refractivity contribution < 1.29 is 9.84 Å². The van der Waals surface area contributed by atoms with Gasteiger partial charge in [-0.15, -0.1) is 11.3 Å². The fourth-order valence-electron chi connectivity index (χ4n) is 1.32. The van der Waals surface area contributed by atoms with Crippen LogP contribution in [-0.2, 0) is 11.3 Å². The molecule has 1 rings (SSSR count). The van der Waals surface area contributed by atoms with Crippen molar-refractivity contribution in [2.24, 2.45) is 0 Å². The number of hydrogen-bond acceptors (Lipinski definition) is 5. The van der Waals surface area contributed by atoms with Crippen LogP contribution in [0.15, 0.2) is 17.5 Å². The molecular weight excluding hydrogens is 236 g/mol. The summed E-state index contributed by atoms with van der Waals surface area (Å²) < 4.78 is 5.43. The van der Waals surface area contributed by atoms with E-state index in [1.165, 1.54) is 4.88 Å². The van der Waals surface area contributed by atoms with E-state index in [2.05, 4.69) is 10.2 Å². The predicted octanol–water partition coefficient (Wildman–Crippen LogP) is 0.777. The lowest BCUT2D eigenvalue weighted by Gasteiger charge is -2.14. The molecule has 1 heterocycles. The van der Waals surface area contributed by atoms with Crippen molar-refractivity contribution >= 4 is 11.3 Å². The summed E-state index contributed by atoms with van der Waals surface area (Å²) >= 11 is 1.67. The molecule has 0 bridgehead atoms. The summed E-state index contributed by atoms with van der Waals surface area (Å²) in [6, 6.07) is 4.04. The molecule has 0 radical (unpaired) electrons. The Kier molecular flexibility index (Phi) is 7.39. The van der Waals surface area contributed by atoms with Gasteiger partial charge in [0.1, 0.15) is 0 Å². The van der Waals surface area contributed by atoms with E-state index in [-0.39, 0.29) is 0 Å². The highest BCUT2D eigenvalue weighted by Gasteiger charge is 2.04. The highest BCUT2D eigenvalue weighted by Crippen LogP contribution is 2.09. The maximum Gasteiger partial charge on any atom is 0.0897 e. The highest BCUT2D eigenvalue weighted by atomic mass is 32.1. The van der Waals surface area contributed by atoms with Gasteiger partial charge >= 0.3 is 0 Å². The Hall–Kier alpha value is -0.460. The average Bonchev–Trinajstić information content (AvgIpc) is 2.77. The van der Waals surface area contributed by atoms with Crippen LogP contribution in [0.1, 0.15) is 4.88 Å². The summed E-state index contributed by atoms with van der Waals surface area (Å²) in [6.07, 6.45) is -0.433. The Balaban J connectivity index is 1.96. The quantitative estimate of drug-likeness (QED) is 0.643. The second-order valence-corrected chi connectivity index (χ2v) is 5.29. The minimum Gasteiger partial charge on any atom is -0.389 e. The van der Waals surface area contributed by atoms with Gasteiger partial charge in [0.25, 0.3) is 0 Å². The van der Waals surface area contributed by atoms with E-state index in [1.807, 2.05) is 31.6 Å². The lowest BCUT2D eigenvalue weighted by molar-refractivity contribution is 0.0298. The van der Waals surface area contributed by atoms with E-state index >= 15 is 0 Å². The van der Waals surface area contributed by atoms with Crippen LogP contribution in [0.3, 0.4) is 0 Å². The standard InChI is InChI=1S/C12H22N2O2S/c1-14(2)6-5-13-8-11(15)9-16-10-12-4-3-7-17-12/h3-4,7,11,13,15H,5-6,8-10H2,1-2H3. The number of nitrogens with zero attached hydrogens (tertiary/aromatic N) is 1. The van der Waals surface area contributed by atoms with E-state index in [0.717, 1.165) is 13.1 Å². The van der Waals surface area contributed by atoms with Gasteiger partial charge in [0.2, 0.25) is 0 Å². The molecule has 1 aromatic rings. The Morgan fingerprint density at radius 1 is 1.53 bits per heavy atom. The summed E-state index contributed by atoms with van der Waals surface area (Å²) in [5.41, 5.74) is 0. The molecule has 4 nitrogen and oxygen atoms in total. The Labute approximate surface area is 107 Å². The van der Waals surface area contributed by atoms with Gasteiger partial charge in [-0.2, -0.15) is 0 Å². The molecule has 1 atom stereocenters. The summed E-state index contributed by atoms with van der Waals surface area (Å²) in [5, 5.41) is 14.9. The van der Waals surface area contributed by atoms with Crippen molar-refractivity contribution in [1.29, 1.82) is 0 Å². The number of nitrogens with one attached hydrogen (secondary N) is 1. The number of aliphatic hydroxyl groups excluding tert-OH is 1. The van der Waals surface area contributed by atoms with Crippen molar-refractivity contribution in [1.82, 2.24) is 10.2 Å². The molecule has 0 saturated carbocycles. The van der Waals surface area contributed by atoms with Crippen LogP contribution in [0.4, 0.5) is 0 Å². The smallest absolute Gasteiger partial charge is 0.0897 e. The SMILES string of the molecule is CN(C)CCNCC(O)COCc1cccs1. The molecule has 0 amide bonds. The van der Waals surface area contributed by atoms with E-state index in [0.29, 0.717) is 19.8 Å². The highest BCUT2D eigenvalue weighted by molar-refractivity contribution is 7.09. The van der Waals surface area contributed by atoms with Gasteiger partial charge < -0.3 is 20.1 Å². The summed E-state index contributed by atoms with van der Waals surface area (Å²) in [6.45, 7) is 3.41. The zero-order chi connectivity index (χ0) is 12.5. The fraction of sp³-hybridized carbons (Fsp3) is 0.667. The van der Waals surface area contributed by atoms with Crippen LogP contribution in [0.5, 0.6) is 0 Å². The predicted molar refractivity (Wildman–Crippen MR) is 71.4 cm³/mol. The normalized spacial score (nSPS) is 13.2. The van der Waals surface area contributed by atoms with Crippen LogP contribution >= 0.6 is 11.3 Å². The van der Waals surface area contributed by atoms with Gasteiger partial charge in [0.15, 0.2) is 0 Å². The number of likely N-dealkylation sites (N-methyl/N-ethyl adjacent to an activating group) is 1. The van der Waals surface area contributed by atoms with Crippen molar-refractivity contribution in [2.75, 3.05) is 40.3 Å². The first-order valence-electron chi connectivity index (χ1n) is 5.82. The molecule has 2 N–H and O–H groups in total. The minimum absolute atomic E-state index is 0.382. The molecule has 0 aliphatic heterocycles. The number of ether oxygens (including phenoxy) is 1. The Morgan fingerprint density at radius 3 is 3.00 bits per heavy atom. The van der Waals surface area contributed by atoms with Crippen LogP contribution < -0.4 is 5.32 Å². The van der Waals surface area contributed by atoms with Gasteiger partial charge in [0.05, 0.1) is 19.3 Å². The molecular formula is C12H22N2O2S. The van der Waals surface area contributed by atoms with Crippen LogP contribution in [0, 0.1) is 0 Å². The minimum atomic E-state index is -0.433. The van der Waals surface area contributed by atoms with E-state index in [9.17, 15) is 5.11 Å². The molecule has 17 heavy (non-hydrogen) atoms. The fourth-order valence-corrected chi connectivity index (χ4v) is 1.96. The number of rotatable bonds is 9. The molecule has 1 unspecified atom stereocenters. The molecule has 0 fully saturated rings. The Morgan fingerprint density at radius 2 is 2.35 bits per heavy atom. The molecule has 98 valence electrons. The summed E-state index contributed by atoms with van der Waals surface area (Å²) in [4.78, 5) is 3.30. The largest absolute Gasteiger partial charge is 0.389 e. The van der Waals surface area contributed by atoms with Crippen LogP contribution in [0.25, 0.3) is 0 Å². The van der Waals surface area contributed by atoms with Crippen LogP contribution in [0.2, 0.25) is 0 Å². The number of hydrogen-bond donors (Lipinski definition) is 2. The second-order valence-electron chi connectivity index (χ2n) is 4.26. The lowest BCUT2D eigenvalue weighted by Crippen LogP contribution is -2.34. The van der Waals surface area contributed by atoms with Gasteiger partial charge in [-0.25, -0.2) is 0 Å². The molecule has 0 saturated heterocycles. The zero-order valence-corrected chi connectivity index (χ0v) is 11.4. The third-order valence-corrected chi connectivity index (χ3v) is 3.10. The zero-order valence-electron chi connectivity index (χ0n) is 10.6. The molecule has 0 aliphatic rings. The van der Waals surface area contributed by atoms with Crippen LogP contribution in [-0.4, -0.2) is 56.4 Å². The molecule has 0 aromatic carbocycles. The summed E-state index contributed by atoms with van der Waals surface area (Å²) in [7, 11) is 4.06. The van der Waals surface area contributed by atoms with Crippen molar-refractivity contribution in [2.45, 2.75) is 12.7 Å². The van der Waals surface area contributed by atoms with Crippen molar-refractivity contribution in [3.8, 4) is 0 Å². The third kappa shape index (κ3) is 7.46. The molecule has 0 aliphatic carbocycles. The van der Waals surface area contributed by atoms with E-state index in [4.69, 9.17) is 4.74 Å². The van der Waals surface area contributed by atoms with Gasteiger partial charge in [0, 0.05) is 24.5 Å². The summed E-state index contributed by atoms with van der Waals surface area (Å²) in [5.74, 6) is 0. The van der Waals surface area contributed by atoms with Gasteiger partial charge in [-0.1, -0.05) is 6.07 Å². The van der Waals surface area contributed by atoms with Crippen molar-refractivity contribution in [3.05, 3.63) is 22.4 Å². The molecule has 5 heteroatoms. The molecule has 1 aromatic heterocycles. The first-order valence-corrected chi connectivity index (χ1v) is 6.70. The first kappa shape index (κ1) is 14.6. The molecule has 0 spiro atoms.